The summed E-state index contributed by atoms with van der Waals surface area (Å²) in [6, 6.07) is 101. The lowest BCUT2D eigenvalue weighted by Crippen LogP contribution is -2.11. The standard InChI is InChI=1S/C73H48N2S2/c1-47-40-51(24-33-67(47)74(58-18-10-4-11-19-58)60-31-22-50(23-32-60)54-29-38-72-65(45-54)63-43-52(27-36-70(63)76-72)48-14-6-2-7-15-48)55-25-34-68-61(41-55)62-42-56(26-35-69(62)75(68)59-20-12-5-13-21-59)57-30-39-73-66(46-57)64-44-53(28-37-71(64)77-73)49-16-8-3-9-17-49/h2-46H,1H3. The van der Waals surface area contributed by atoms with Gasteiger partial charge in [-0.25, -0.2) is 0 Å². The van der Waals surface area contributed by atoms with E-state index < -0.39 is 0 Å². The first-order chi connectivity index (χ1) is 38.0. The van der Waals surface area contributed by atoms with Crippen molar-refractivity contribution in [1.29, 1.82) is 0 Å². The van der Waals surface area contributed by atoms with Crippen molar-refractivity contribution in [3.63, 3.8) is 0 Å². The number of para-hydroxylation sites is 2. The molecule has 77 heavy (non-hydrogen) atoms. The van der Waals surface area contributed by atoms with Crippen LogP contribution in [0.25, 0.3) is 123 Å². The molecule has 0 aliphatic rings. The topological polar surface area (TPSA) is 8.17 Å². The predicted octanol–water partition coefficient (Wildman–Crippen LogP) is 21.6. The average Bonchev–Trinajstić information content (AvgIpc) is 4.21. The molecule has 3 aromatic heterocycles. The average molecular weight is 1020 g/mol. The molecule has 15 rings (SSSR count). The molecule has 0 spiro atoms. The van der Waals surface area contributed by atoms with E-state index in [1.165, 1.54) is 123 Å². The number of nitrogens with zero attached hydrogens (tertiary/aromatic N) is 2. The summed E-state index contributed by atoms with van der Waals surface area (Å²) in [5.74, 6) is 0. The normalized spacial score (nSPS) is 11.7. The number of fused-ring (bicyclic) bond motifs is 9. The smallest absolute Gasteiger partial charge is 0.0541 e. The molecule has 15 aromatic rings. The number of thiophene rings is 2. The quantitative estimate of drug-likeness (QED) is 0.140. The Balaban J connectivity index is 0.789. The van der Waals surface area contributed by atoms with E-state index in [4.69, 9.17) is 0 Å². The summed E-state index contributed by atoms with van der Waals surface area (Å²) >= 11 is 3.73. The Morgan fingerprint density at radius 3 is 1.04 bits per heavy atom. The monoisotopic (exact) mass is 1020 g/mol. The van der Waals surface area contributed by atoms with Gasteiger partial charge in [0.1, 0.15) is 0 Å². The van der Waals surface area contributed by atoms with E-state index >= 15 is 0 Å². The maximum absolute atomic E-state index is 2.42. The molecule has 0 N–H and O–H groups in total. The molecule has 0 aliphatic carbocycles. The molecule has 0 bridgehead atoms. The number of aryl methyl sites for hydroxylation is 1. The van der Waals surface area contributed by atoms with Crippen molar-refractivity contribution in [1.82, 2.24) is 4.57 Å². The van der Waals surface area contributed by atoms with Crippen molar-refractivity contribution in [2.24, 2.45) is 0 Å². The Hall–Kier alpha value is -9.32. The van der Waals surface area contributed by atoms with Crippen molar-refractivity contribution in [2.45, 2.75) is 6.92 Å². The first-order valence-corrected chi connectivity index (χ1v) is 27.9. The highest BCUT2D eigenvalue weighted by Crippen LogP contribution is 2.44. The zero-order chi connectivity index (χ0) is 51.0. The molecule has 4 heteroatoms. The summed E-state index contributed by atoms with van der Waals surface area (Å²) in [6.45, 7) is 2.24. The maximum Gasteiger partial charge on any atom is 0.0541 e. The molecule has 0 aliphatic heterocycles. The third-order valence-electron chi connectivity index (χ3n) is 15.5. The minimum atomic E-state index is 1.11. The lowest BCUT2D eigenvalue weighted by atomic mass is 9.97. The van der Waals surface area contributed by atoms with Gasteiger partial charge in [-0.1, -0.05) is 152 Å². The first-order valence-electron chi connectivity index (χ1n) is 26.3. The van der Waals surface area contributed by atoms with Crippen molar-refractivity contribution in [2.75, 3.05) is 4.90 Å². The van der Waals surface area contributed by atoms with Gasteiger partial charge in [-0.05, 0) is 189 Å². The second kappa shape index (κ2) is 18.5. The Morgan fingerprint density at radius 1 is 0.273 bits per heavy atom. The molecule has 12 aromatic carbocycles. The van der Waals surface area contributed by atoms with E-state index in [2.05, 4.69) is 289 Å². The van der Waals surface area contributed by atoms with E-state index in [-0.39, 0.29) is 0 Å². The molecule has 0 saturated carbocycles. The molecule has 0 unspecified atom stereocenters. The van der Waals surface area contributed by atoms with Gasteiger partial charge in [-0.3, -0.25) is 0 Å². The van der Waals surface area contributed by atoms with Crippen molar-refractivity contribution in [3.8, 4) is 61.3 Å². The lowest BCUT2D eigenvalue weighted by Gasteiger charge is -2.27. The highest BCUT2D eigenvalue weighted by molar-refractivity contribution is 7.26. The summed E-state index contributed by atoms with van der Waals surface area (Å²) in [5, 5.41) is 7.68. The van der Waals surface area contributed by atoms with Gasteiger partial charge in [0.2, 0.25) is 0 Å². The summed E-state index contributed by atoms with van der Waals surface area (Å²) in [7, 11) is 0. The summed E-state index contributed by atoms with van der Waals surface area (Å²) in [6.07, 6.45) is 0. The third-order valence-corrected chi connectivity index (χ3v) is 17.8. The molecule has 2 nitrogen and oxygen atoms in total. The van der Waals surface area contributed by atoms with E-state index in [0.717, 1.165) is 22.7 Å². The van der Waals surface area contributed by atoms with Crippen LogP contribution < -0.4 is 4.90 Å². The van der Waals surface area contributed by atoms with E-state index in [1.807, 2.05) is 22.7 Å². The fourth-order valence-corrected chi connectivity index (χ4v) is 13.8. The number of rotatable bonds is 9. The predicted molar refractivity (Wildman–Crippen MR) is 333 cm³/mol. The number of anilines is 3. The number of hydrogen-bond acceptors (Lipinski definition) is 3. The van der Waals surface area contributed by atoms with Crippen molar-refractivity contribution in [3.05, 3.63) is 279 Å². The zero-order valence-electron chi connectivity index (χ0n) is 42.2. The summed E-state index contributed by atoms with van der Waals surface area (Å²) in [4.78, 5) is 2.39. The van der Waals surface area contributed by atoms with Crippen LogP contribution in [0.5, 0.6) is 0 Å². The number of benzene rings is 12. The Morgan fingerprint density at radius 2 is 0.597 bits per heavy atom. The molecule has 0 fully saturated rings. The van der Waals surface area contributed by atoms with Crippen molar-refractivity contribution < 1.29 is 0 Å². The van der Waals surface area contributed by atoms with Gasteiger partial charge in [-0.2, -0.15) is 0 Å². The molecule has 0 saturated heterocycles. The van der Waals surface area contributed by atoms with Gasteiger partial charge in [0, 0.05) is 73.9 Å². The number of hydrogen-bond donors (Lipinski definition) is 0. The molecule has 0 radical (unpaired) electrons. The summed E-state index contributed by atoms with van der Waals surface area (Å²) < 4.78 is 7.66. The Kier molecular flexibility index (Phi) is 10.8. The fraction of sp³-hybridized carbons (Fsp3) is 0.0137. The van der Waals surface area contributed by atoms with Crippen LogP contribution in [-0.4, -0.2) is 4.57 Å². The Bertz CT molecular complexity index is 4720. The van der Waals surface area contributed by atoms with Gasteiger partial charge >= 0.3 is 0 Å². The first kappa shape index (κ1) is 45.1. The van der Waals surface area contributed by atoms with Crippen LogP contribution in [0, 0.1) is 6.92 Å². The largest absolute Gasteiger partial charge is 0.310 e. The minimum absolute atomic E-state index is 1.11. The zero-order valence-corrected chi connectivity index (χ0v) is 43.8. The van der Waals surface area contributed by atoms with Crippen molar-refractivity contribution >= 4 is 102 Å². The Labute approximate surface area is 455 Å². The molecular formula is C73H48N2S2. The fourth-order valence-electron chi connectivity index (χ4n) is 11.7. The van der Waals surface area contributed by atoms with Crippen LogP contribution in [0.4, 0.5) is 17.1 Å². The van der Waals surface area contributed by atoms with Crippen LogP contribution in [0.3, 0.4) is 0 Å². The van der Waals surface area contributed by atoms with Gasteiger partial charge in [0.05, 0.1) is 11.0 Å². The number of aromatic nitrogens is 1. The van der Waals surface area contributed by atoms with Crippen LogP contribution in [0.1, 0.15) is 5.56 Å². The second-order valence-corrected chi connectivity index (χ2v) is 22.3. The van der Waals surface area contributed by atoms with E-state index in [0.29, 0.717) is 0 Å². The maximum atomic E-state index is 2.42. The van der Waals surface area contributed by atoms with Gasteiger partial charge in [0.15, 0.2) is 0 Å². The van der Waals surface area contributed by atoms with Gasteiger partial charge in [-0.15, -0.1) is 22.7 Å². The minimum Gasteiger partial charge on any atom is -0.310 e. The lowest BCUT2D eigenvalue weighted by molar-refractivity contribution is 1.18. The molecular weight excluding hydrogens is 969 g/mol. The molecule has 0 atom stereocenters. The SMILES string of the molecule is Cc1cc(-c2ccc3c(c2)c2cc(-c4ccc5sc6ccc(-c7ccccc7)cc6c5c4)ccc2n3-c2ccccc2)ccc1N(c1ccccc1)c1ccc(-c2ccc3sc4ccc(-c5ccccc5)cc4c3c2)cc1. The van der Waals surface area contributed by atoms with Gasteiger partial charge < -0.3 is 9.47 Å². The summed E-state index contributed by atoms with van der Waals surface area (Å²) in [5.41, 5.74) is 20.3. The highest BCUT2D eigenvalue weighted by atomic mass is 32.1. The van der Waals surface area contributed by atoms with Crippen LogP contribution in [-0.2, 0) is 0 Å². The third kappa shape index (κ3) is 7.92. The van der Waals surface area contributed by atoms with Gasteiger partial charge in [0.25, 0.3) is 0 Å². The molecule has 3 heterocycles. The van der Waals surface area contributed by atoms with E-state index in [9.17, 15) is 0 Å². The van der Waals surface area contributed by atoms with Crippen LogP contribution >= 0.6 is 22.7 Å². The second-order valence-electron chi connectivity index (χ2n) is 20.1. The highest BCUT2D eigenvalue weighted by Gasteiger charge is 2.19. The molecule has 362 valence electrons. The molecule has 0 amide bonds. The van der Waals surface area contributed by atoms with E-state index in [1.54, 1.807) is 0 Å². The van der Waals surface area contributed by atoms with Crippen LogP contribution in [0.2, 0.25) is 0 Å². The van der Waals surface area contributed by atoms with Crippen LogP contribution in [0.15, 0.2) is 273 Å².